The van der Waals surface area contributed by atoms with Gasteiger partial charge in [-0.1, -0.05) is 13.8 Å². The summed E-state index contributed by atoms with van der Waals surface area (Å²) in [5.41, 5.74) is 0. The molecule has 0 spiro atoms. The molecule has 3 heterocycles. The number of hydrogen-bond donors (Lipinski definition) is 1. The number of nitrogens with zero attached hydrogens (tertiary/aromatic N) is 3. The predicted molar refractivity (Wildman–Crippen MR) is 84.0 cm³/mol. The molecule has 2 unspecified atom stereocenters. The maximum Gasteiger partial charge on any atom is 0.326 e. The van der Waals surface area contributed by atoms with E-state index in [4.69, 9.17) is 0 Å². The van der Waals surface area contributed by atoms with Crippen molar-refractivity contribution in [3.63, 3.8) is 0 Å². The van der Waals surface area contributed by atoms with E-state index in [0.29, 0.717) is 12.3 Å². The molecule has 6 heteroatoms. The Morgan fingerprint density at radius 1 is 1.52 bits per heavy atom. The van der Waals surface area contributed by atoms with Crippen LogP contribution in [0.25, 0.3) is 10.2 Å². The molecule has 0 aromatic carbocycles. The number of carbonyl (C=O) groups is 1. The van der Waals surface area contributed by atoms with E-state index in [1.165, 1.54) is 4.88 Å². The van der Waals surface area contributed by atoms with Crippen LogP contribution in [-0.2, 0) is 11.2 Å². The summed E-state index contributed by atoms with van der Waals surface area (Å²) in [7, 11) is 0. The zero-order chi connectivity index (χ0) is 15.0. The second-order valence-corrected chi connectivity index (χ2v) is 6.77. The highest BCUT2D eigenvalue weighted by molar-refractivity contribution is 7.18. The van der Waals surface area contributed by atoms with Crippen molar-refractivity contribution in [2.24, 2.45) is 5.92 Å². The molecule has 3 rings (SSSR count). The maximum absolute atomic E-state index is 11.6. The zero-order valence-corrected chi connectivity index (χ0v) is 13.1. The molecule has 1 aliphatic heterocycles. The van der Waals surface area contributed by atoms with Crippen molar-refractivity contribution >= 4 is 33.3 Å². The summed E-state index contributed by atoms with van der Waals surface area (Å²) < 4.78 is 0. The van der Waals surface area contributed by atoms with Gasteiger partial charge < -0.3 is 10.0 Å². The van der Waals surface area contributed by atoms with Gasteiger partial charge in [0.25, 0.3) is 0 Å². The molecule has 112 valence electrons. The summed E-state index contributed by atoms with van der Waals surface area (Å²) in [6.45, 7) is 4.96. The zero-order valence-electron chi connectivity index (χ0n) is 12.2. The molecule has 0 radical (unpaired) electrons. The molecule has 0 saturated carbocycles. The maximum atomic E-state index is 11.6. The van der Waals surface area contributed by atoms with Gasteiger partial charge in [-0.05, 0) is 31.2 Å². The number of carboxylic acids is 1. The molecular weight excluding hydrogens is 286 g/mol. The Morgan fingerprint density at radius 2 is 2.33 bits per heavy atom. The highest BCUT2D eigenvalue weighted by Gasteiger charge is 2.33. The third-order valence-corrected chi connectivity index (χ3v) is 5.32. The summed E-state index contributed by atoms with van der Waals surface area (Å²) in [6.07, 6.45) is 4.18. The lowest BCUT2D eigenvalue weighted by molar-refractivity contribution is -0.139. The third-order valence-electron chi connectivity index (χ3n) is 4.13. The summed E-state index contributed by atoms with van der Waals surface area (Å²) in [6, 6.07) is 1.61. The lowest BCUT2D eigenvalue weighted by Crippen LogP contribution is -2.47. The van der Waals surface area contributed by atoms with Crippen LogP contribution in [0.2, 0.25) is 0 Å². The summed E-state index contributed by atoms with van der Waals surface area (Å²) in [5.74, 6) is 0.447. The molecule has 0 bridgehead atoms. The first-order valence-electron chi connectivity index (χ1n) is 7.33. The van der Waals surface area contributed by atoms with Crippen LogP contribution in [0.5, 0.6) is 0 Å². The Labute approximate surface area is 127 Å². The van der Waals surface area contributed by atoms with Crippen LogP contribution in [-0.4, -0.2) is 33.6 Å². The van der Waals surface area contributed by atoms with E-state index in [0.717, 1.165) is 35.4 Å². The SMILES string of the molecule is CCc1cc2c(N3CCC(C)CC3C(=O)O)ncnc2s1. The van der Waals surface area contributed by atoms with Gasteiger partial charge in [0, 0.05) is 11.4 Å². The molecule has 1 N–H and O–H groups in total. The quantitative estimate of drug-likeness (QED) is 0.944. The van der Waals surface area contributed by atoms with Gasteiger partial charge in [-0.2, -0.15) is 0 Å². The summed E-state index contributed by atoms with van der Waals surface area (Å²) >= 11 is 1.66. The first-order valence-corrected chi connectivity index (χ1v) is 8.14. The monoisotopic (exact) mass is 305 g/mol. The Morgan fingerprint density at radius 3 is 3.05 bits per heavy atom. The standard InChI is InChI=1S/C15H19N3O2S/c1-3-10-7-11-13(16-8-17-14(11)21-10)18-5-4-9(2)6-12(18)15(19)20/h7-9,12H,3-6H2,1-2H3,(H,19,20). The van der Waals surface area contributed by atoms with E-state index >= 15 is 0 Å². The van der Waals surface area contributed by atoms with Crippen LogP contribution >= 0.6 is 11.3 Å². The van der Waals surface area contributed by atoms with Crippen molar-refractivity contribution < 1.29 is 9.90 Å². The van der Waals surface area contributed by atoms with Gasteiger partial charge in [0.05, 0.1) is 5.39 Å². The largest absolute Gasteiger partial charge is 0.480 e. The van der Waals surface area contributed by atoms with E-state index in [-0.39, 0.29) is 0 Å². The first-order chi connectivity index (χ1) is 10.1. The summed E-state index contributed by atoms with van der Waals surface area (Å²) in [5, 5.41) is 10.5. The fourth-order valence-corrected chi connectivity index (χ4v) is 3.85. The summed E-state index contributed by atoms with van der Waals surface area (Å²) in [4.78, 5) is 24.5. The van der Waals surface area contributed by atoms with Gasteiger partial charge in [-0.15, -0.1) is 11.3 Å². The molecule has 1 saturated heterocycles. The number of aryl methyl sites for hydroxylation is 1. The van der Waals surface area contributed by atoms with E-state index in [1.54, 1.807) is 17.7 Å². The minimum atomic E-state index is -0.765. The number of carboxylic acid groups (broad SMARTS) is 1. The third kappa shape index (κ3) is 2.60. The average Bonchev–Trinajstić information content (AvgIpc) is 2.90. The predicted octanol–water partition coefficient (Wildman–Crippen LogP) is 2.94. The van der Waals surface area contributed by atoms with Crippen LogP contribution in [0.3, 0.4) is 0 Å². The van der Waals surface area contributed by atoms with Gasteiger partial charge in [0.2, 0.25) is 0 Å². The number of rotatable bonds is 3. The number of fused-ring (bicyclic) bond motifs is 1. The molecule has 5 nitrogen and oxygen atoms in total. The van der Waals surface area contributed by atoms with Crippen LogP contribution < -0.4 is 4.90 Å². The number of hydrogen-bond acceptors (Lipinski definition) is 5. The van der Waals surface area contributed by atoms with Crippen LogP contribution in [0.4, 0.5) is 5.82 Å². The van der Waals surface area contributed by atoms with E-state index in [2.05, 4.69) is 29.9 Å². The minimum absolute atomic E-state index is 0.438. The normalized spacial score (nSPS) is 22.7. The molecule has 2 atom stereocenters. The number of aromatic nitrogens is 2. The van der Waals surface area contributed by atoms with Crippen LogP contribution in [0.15, 0.2) is 12.4 Å². The average molecular weight is 305 g/mol. The molecule has 0 amide bonds. The van der Waals surface area contributed by atoms with Crippen molar-refractivity contribution in [3.8, 4) is 0 Å². The molecule has 1 fully saturated rings. The molecule has 2 aromatic rings. The minimum Gasteiger partial charge on any atom is -0.480 e. The number of aliphatic carboxylic acids is 1. The van der Waals surface area contributed by atoms with E-state index in [1.807, 2.05) is 4.90 Å². The Kier molecular flexibility index (Phi) is 3.80. The fraction of sp³-hybridized carbons (Fsp3) is 0.533. The lowest BCUT2D eigenvalue weighted by atomic mass is 9.92. The number of piperidine rings is 1. The number of anilines is 1. The molecule has 21 heavy (non-hydrogen) atoms. The van der Waals surface area contributed by atoms with Crippen LogP contribution in [0.1, 0.15) is 31.6 Å². The molecular formula is C15H19N3O2S. The Balaban J connectivity index is 2.05. The van der Waals surface area contributed by atoms with Crippen molar-refractivity contribution in [2.45, 2.75) is 39.2 Å². The smallest absolute Gasteiger partial charge is 0.326 e. The number of thiophene rings is 1. The van der Waals surface area contributed by atoms with E-state index < -0.39 is 12.0 Å². The van der Waals surface area contributed by atoms with Crippen molar-refractivity contribution in [3.05, 3.63) is 17.3 Å². The topological polar surface area (TPSA) is 66.3 Å². The van der Waals surface area contributed by atoms with Gasteiger partial charge in [-0.3, -0.25) is 0 Å². The molecule has 1 aliphatic rings. The molecule has 0 aliphatic carbocycles. The van der Waals surface area contributed by atoms with Crippen molar-refractivity contribution in [1.82, 2.24) is 9.97 Å². The van der Waals surface area contributed by atoms with Crippen molar-refractivity contribution in [2.75, 3.05) is 11.4 Å². The Bertz CT molecular complexity index is 670. The van der Waals surface area contributed by atoms with Gasteiger partial charge in [0.1, 0.15) is 23.0 Å². The molecule has 2 aromatic heterocycles. The first kappa shape index (κ1) is 14.3. The highest BCUT2D eigenvalue weighted by atomic mass is 32.1. The van der Waals surface area contributed by atoms with Crippen LogP contribution in [0, 0.1) is 5.92 Å². The Hall–Kier alpha value is -1.69. The second kappa shape index (κ2) is 5.60. The van der Waals surface area contributed by atoms with E-state index in [9.17, 15) is 9.90 Å². The van der Waals surface area contributed by atoms with Crippen molar-refractivity contribution in [1.29, 1.82) is 0 Å². The van der Waals surface area contributed by atoms with Gasteiger partial charge >= 0.3 is 5.97 Å². The second-order valence-electron chi connectivity index (χ2n) is 5.66. The fourth-order valence-electron chi connectivity index (χ4n) is 2.93. The highest BCUT2D eigenvalue weighted by Crippen LogP contribution is 2.34. The van der Waals surface area contributed by atoms with Gasteiger partial charge in [-0.25, -0.2) is 14.8 Å². The van der Waals surface area contributed by atoms with Gasteiger partial charge in [0.15, 0.2) is 0 Å². The lowest BCUT2D eigenvalue weighted by Gasteiger charge is -2.37.